The van der Waals surface area contributed by atoms with E-state index >= 15 is 0 Å². The normalized spacial score (nSPS) is 17.3. The lowest BCUT2D eigenvalue weighted by molar-refractivity contribution is -0.0333. The van der Waals surface area contributed by atoms with Gasteiger partial charge in [0.05, 0.1) is 18.7 Å². The van der Waals surface area contributed by atoms with E-state index in [-0.39, 0.29) is 5.78 Å². The van der Waals surface area contributed by atoms with E-state index in [1.54, 1.807) is 6.20 Å². The quantitative estimate of drug-likeness (QED) is 0.628. The number of hydrogen-bond donors (Lipinski definition) is 2. The number of likely N-dealkylation sites (tertiary alicyclic amines) is 1. The van der Waals surface area contributed by atoms with Crippen molar-refractivity contribution in [2.45, 2.75) is 51.7 Å². The highest BCUT2D eigenvalue weighted by Gasteiger charge is 2.34. The molecule has 1 fully saturated rings. The van der Waals surface area contributed by atoms with Gasteiger partial charge in [0.25, 0.3) is 0 Å². The summed E-state index contributed by atoms with van der Waals surface area (Å²) in [4.78, 5) is 22.7. The maximum absolute atomic E-state index is 12.9. The van der Waals surface area contributed by atoms with Gasteiger partial charge in [-0.2, -0.15) is 0 Å². The lowest BCUT2D eigenvalue weighted by Gasteiger charge is -2.38. The Morgan fingerprint density at radius 3 is 2.79 bits per heavy atom. The van der Waals surface area contributed by atoms with E-state index < -0.39 is 5.60 Å². The molecule has 0 aliphatic carbocycles. The summed E-state index contributed by atoms with van der Waals surface area (Å²) in [7, 11) is 0. The van der Waals surface area contributed by atoms with Crippen LogP contribution in [0, 0.1) is 6.92 Å². The zero-order valence-electron chi connectivity index (χ0n) is 17.5. The van der Waals surface area contributed by atoms with E-state index in [4.69, 9.17) is 0 Å². The molecule has 0 saturated carbocycles. The summed E-state index contributed by atoms with van der Waals surface area (Å²) >= 11 is 0. The molecule has 0 bridgehead atoms. The Kier molecular flexibility index (Phi) is 5.32. The van der Waals surface area contributed by atoms with Crippen molar-refractivity contribution in [3.63, 3.8) is 0 Å². The van der Waals surface area contributed by atoms with Crippen molar-refractivity contribution in [2.24, 2.45) is 0 Å². The van der Waals surface area contributed by atoms with Crippen LogP contribution in [0.3, 0.4) is 0 Å². The van der Waals surface area contributed by atoms with E-state index in [1.165, 1.54) is 0 Å². The van der Waals surface area contributed by atoms with Gasteiger partial charge in [-0.3, -0.25) is 9.69 Å². The number of ketones is 1. The highest BCUT2D eigenvalue weighted by atomic mass is 16.3. The molecule has 3 aromatic rings. The fourth-order valence-electron chi connectivity index (χ4n) is 4.31. The van der Waals surface area contributed by atoms with Crippen LogP contribution in [0.15, 0.2) is 36.8 Å². The van der Waals surface area contributed by atoms with Crippen molar-refractivity contribution in [3.8, 4) is 0 Å². The van der Waals surface area contributed by atoms with Crippen LogP contribution in [-0.2, 0) is 6.54 Å². The molecule has 6 heteroatoms. The number of carbonyl (C=O) groups excluding carboxylic acids is 1. The van der Waals surface area contributed by atoms with Crippen LogP contribution in [0.25, 0.3) is 10.9 Å². The van der Waals surface area contributed by atoms with E-state index in [0.29, 0.717) is 31.8 Å². The van der Waals surface area contributed by atoms with E-state index in [9.17, 15) is 9.90 Å². The number of Topliss-reactive ketones (excluding diaryl/α,β-unsaturated/α-hetero) is 1. The van der Waals surface area contributed by atoms with Gasteiger partial charge in [-0.15, -0.1) is 0 Å². The van der Waals surface area contributed by atoms with E-state index in [0.717, 1.165) is 40.9 Å². The summed E-state index contributed by atoms with van der Waals surface area (Å²) in [5.74, 6) is 1.46. The smallest absolute Gasteiger partial charge is 0.178 e. The molecule has 0 unspecified atom stereocenters. The highest BCUT2D eigenvalue weighted by molar-refractivity contribution is 6.08. The standard InChI is InChI=1S/C23H30N4O2/c1-16(2)22-24-8-11-27(22)15-23(29)6-9-26(10-7-23)14-21(28)19-13-25-20-5-4-17(3)12-18(19)20/h4-5,8,11-13,16,25,29H,6-7,9-10,14-15H2,1-3H3. The molecule has 3 heterocycles. The van der Waals surface area contributed by atoms with Gasteiger partial charge in [0, 0.05) is 54.1 Å². The average molecular weight is 395 g/mol. The van der Waals surface area contributed by atoms with Crippen molar-refractivity contribution in [1.29, 1.82) is 0 Å². The van der Waals surface area contributed by atoms with E-state index in [2.05, 4.69) is 39.3 Å². The highest BCUT2D eigenvalue weighted by Crippen LogP contribution is 2.27. The molecule has 0 spiro atoms. The van der Waals surface area contributed by atoms with Crippen LogP contribution < -0.4 is 0 Å². The number of aromatic nitrogens is 3. The lowest BCUT2D eigenvalue weighted by Crippen LogP contribution is -2.48. The predicted molar refractivity (Wildman–Crippen MR) is 114 cm³/mol. The van der Waals surface area contributed by atoms with E-state index in [1.807, 2.05) is 31.5 Å². The number of benzene rings is 1. The Morgan fingerprint density at radius 2 is 2.07 bits per heavy atom. The molecule has 2 N–H and O–H groups in total. The first-order chi connectivity index (χ1) is 13.8. The summed E-state index contributed by atoms with van der Waals surface area (Å²) in [5, 5.41) is 12.1. The minimum atomic E-state index is -0.748. The number of aryl methyl sites for hydroxylation is 1. The number of H-pyrrole nitrogens is 1. The third kappa shape index (κ3) is 4.14. The monoisotopic (exact) mass is 394 g/mol. The minimum Gasteiger partial charge on any atom is -0.388 e. The third-order valence-electron chi connectivity index (χ3n) is 6.02. The molecule has 0 radical (unpaired) electrons. The first kappa shape index (κ1) is 19.9. The van der Waals surface area contributed by atoms with Crippen LogP contribution in [0.5, 0.6) is 0 Å². The second-order valence-electron chi connectivity index (χ2n) is 8.74. The molecule has 0 amide bonds. The third-order valence-corrected chi connectivity index (χ3v) is 6.02. The van der Waals surface area contributed by atoms with Gasteiger partial charge in [0.2, 0.25) is 0 Å². The van der Waals surface area contributed by atoms with Gasteiger partial charge in [-0.05, 0) is 31.9 Å². The van der Waals surface area contributed by atoms with Crippen molar-refractivity contribution >= 4 is 16.7 Å². The number of rotatable bonds is 6. The number of piperidine rings is 1. The van der Waals surface area contributed by atoms with Crippen molar-refractivity contribution in [1.82, 2.24) is 19.4 Å². The number of nitrogens with one attached hydrogen (secondary N) is 1. The van der Waals surface area contributed by atoms with Crippen LogP contribution in [0.1, 0.15) is 54.4 Å². The molecule has 29 heavy (non-hydrogen) atoms. The molecule has 1 aliphatic heterocycles. The van der Waals surface area contributed by atoms with Gasteiger partial charge in [-0.1, -0.05) is 25.5 Å². The maximum atomic E-state index is 12.9. The fraction of sp³-hybridized carbons (Fsp3) is 0.478. The first-order valence-corrected chi connectivity index (χ1v) is 10.4. The Hall–Kier alpha value is -2.44. The largest absolute Gasteiger partial charge is 0.388 e. The molecule has 0 atom stereocenters. The zero-order chi connectivity index (χ0) is 20.6. The van der Waals surface area contributed by atoms with Crippen LogP contribution in [-0.4, -0.2) is 55.6 Å². The Labute approximate surface area is 171 Å². The molecule has 154 valence electrons. The minimum absolute atomic E-state index is 0.129. The Morgan fingerprint density at radius 1 is 1.31 bits per heavy atom. The molecule has 1 aromatic carbocycles. The number of carbonyl (C=O) groups is 1. The second kappa shape index (κ2) is 7.76. The zero-order valence-corrected chi connectivity index (χ0v) is 17.5. The number of imidazole rings is 1. The Balaban J connectivity index is 1.38. The molecule has 1 aliphatic rings. The summed E-state index contributed by atoms with van der Waals surface area (Å²) < 4.78 is 2.07. The molecular formula is C23H30N4O2. The van der Waals surface area contributed by atoms with Crippen molar-refractivity contribution in [3.05, 3.63) is 53.7 Å². The Bertz CT molecular complexity index is 1010. The summed E-state index contributed by atoms with van der Waals surface area (Å²) in [5.41, 5.74) is 2.15. The number of hydrogen-bond acceptors (Lipinski definition) is 4. The topological polar surface area (TPSA) is 74.2 Å². The summed E-state index contributed by atoms with van der Waals surface area (Å²) in [6.45, 7) is 8.65. The van der Waals surface area contributed by atoms with Crippen molar-refractivity contribution in [2.75, 3.05) is 19.6 Å². The second-order valence-corrected chi connectivity index (χ2v) is 8.74. The van der Waals surface area contributed by atoms with Gasteiger partial charge >= 0.3 is 0 Å². The number of fused-ring (bicyclic) bond motifs is 1. The first-order valence-electron chi connectivity index (χ1n) is 10.4. The predicted octanol–water partition coefficient (Wildman–Crippen LogP) is 3.51. The lowest BCUT2D eigenvalue weighted by atomic mass is 9.90. The molecule has 2 aromatic heterocycles. The van der Waals surface area contributed by atoms with Crippen LogP contribution >= 0.6 is 0 Å². The van der Waals surface area contributed by atoms with Gasteiger partial charge in [0.1, 0.15) is 5.82 Å². The van der Waals surface area contributed by atoms with Crippen molar-refractivity contribution < 1.29 is 9.90 Å². The van der Waals surface area contributed by atoms with Gasteiger partial charge in [-0.25, -0.2) is 4.98 Å². The molecule has 1 saturated heterocycles. The SMILES string of the molecule is Cc1ccc2[nH]cc(C(=O)CN3CCC(O)(Cn4ccnc4C(C)C)CC3)c2c1. The number of aliphatic hydroxyl groups is 1. The number of aromatic amines is 1. The fourth-order valence-corrected chi connectivity index (χ4v) is 4.31. The maximum Gasteiger partial charge on any atom is 0.178 e. The number of nitrogens with zero attached hydrogens (tertiary/aromatic N) is 3. The summed E-state index contributed by atoms with van der Waals surface area (Å²) in [6, 6.07) is 6.12. The molecule has 4 rings (SSSR count). The van der Waals surface area contributed by atoms with Crippen LogP contribution in [0.2, 0.25) is 0 Å². The molecular weight excluding hydrogens is 364 g/mol. The average Bonchev–Trinajstić information content (AvgIpc) is 3.30. The van der Waals surface area contributed by atoms with Gasteiger partial charge in [0.15, 0.2) is 5.78 Å². The van der Waals surface area contributed by atoms with Crippen LogP contribution in [0.4, 0.5) is 0 Å². The molecule has 6 nitrogen and oxygen atoms in total. The summed E-state index contributed by atoms with van der Waals surface area (Å²) in [6.07, 6.45) is 6.88. The van der Waals surface area contributed by atoms with Gasteiger partial charge < -0.3 is 14.7 Å².